The molecular formula is C27H30N8O3S. The van der Waals surface area contributed by atoms with Gasteiger partial charge in [-0.3, -0.25) is 15.1 Å². The van der Waals surface area contributed by atoms with Gasteiger partial charge < -0.3 is 9.30 Å². The van der Waals surface area contributed by atoms with Crippen LogP contribution < -0.4 is 10.1 Å². The van der Waals surface area contributed by atoms with Gasteiger partial charge in [0.15, 0.2) is 0 Å². The van der Waals surface area contributed by atoms with Gasteiger partial charge in [-0.15, -0.1) is 0 Å². The summed E-state index contributed by atoms with van der Waals surface area (Å²) in [6.07, 6.45) is 6.41. The number of pyridine rings is 1. The normalized spacial score (nSPS) is 16.2. The van der Waals surface area contributed by atoms with E-state index in [0.29, 0.717) is 64.2 Å². The van der Waals surface area contributed by atoms with Crippen molar-refractivity contribution >= 4 is 38.3 Å². The monoisotopic (exact) mass is 546 g/mol. The van der Waals surface area contributed by atoms with Crippen LogP contribution in [0.1, 0.15) is 41.4 Å². The average Bonchev–Trinajstić information content (AvgIpc) is 3.38. The van der Waals surface area contributed by atoms with Gasteiger partial charge in [0.1, 0.15) is 6.07 Å². The fourth-order valence-electron chi connectivity index (χ4n) is 4.73. The highest BCUT2D eigenvalue weighted by molar-refractivity contribution is 7.92. The maximum absolute atomic E-state index is 13.5. The van der Waals surface area contributed by atoms with Crippen LogP contribution >= 0.6 is 0 Å². The molecule has 0 aliphatic carbocycles. The number of hydrogen-bond donors (Lipinski definition) is 1. The van der Waals surface area contributed by atoms with Crippen LogP contribution in [0, 0.1) is 24.2 Å². The minimum absolute atomic E-state index is 0.209. The second-order valence-electron chi connectivity index (χ2n) is 10.2. The number of ether oxygens (including phenoxy) is 1. The van der Waals surface area contributed by atoms with E-state index < -0.39 is 9.73 Å². The van der Waals surface area contributed by atoms with Gasteiger partial charge in [0.2, 0.25) is 11.8 Å². The van der Waals surface area contributed by atoms with Gasteiger partial charge in [-0.25, -0.2) is 13.9 Å². The number of aromatic nitrogens is 5. The number of nitrogens with one attached hydrogen (secondary N) is 1. The molecule has 1 N–H and O–H groups in total. The van der Waals surface area contributed by atoms with E-state index in [1.54, 1.807) is 35.1 Å². The molecule has 0 spiro atoms. The van der Waals surface area contributed by atoms with Crippen molar-refractivity contribution in [2.24, 2.45) is 17.3 Å². The zero-order chi connectivity index (χ0) is 27.9. The first-order valence-corrected chi connectivity index (χ1v) is 14.9. The molecule has 1 aromatic carbocycles. The van der Waals surface area contributed by atoms with Gasteiger partial charge in [-0.05, 0) is 49.9 Å². The first-order valence-electron chi connectivity index (χ1n) is 12.6. The van der Waals surface area contributed by atoms with Crippen LogP contribution in [0.3, 0.4) is 0 Å². The Morgan fingerprint density at radius 1 is 1.23 bits per heavy atom. The third-order valence-corrected chi connectivity index (χ3v) is 7.12. The van der Waals surface area contributed by atoms with Crippen molar-refractivity contribution in [1.29, 1.82) is 5.26 Å². The van der Waals surface area contributed by atoms with Gasteiger partial charge >= 0.3 is 0 Å². The van der Waals surface area contributed by atoms with Crippen molar-refractivity contribution in [3.05, 3.63) is 47.3 Å². The zero-order valence-electron chi connectivity index (χ0n) is 22.6. The lowest BCUT2D eigenvalue weighted by molar-refractivity contribution is 0.102. The lowest BCUT2D eigenvalue weighted by Gasteiger charge is -2.16. The molecule has 1 aliphatic rings. The number of amides is 1. The highest BCUT2D eigenvalue weighted by Crippen LogP contribution is 2.32. The van der Waals surface area contributed by atoms with Crippen molar-refractivity contribution < 1.29 is 13.7 Å². The van der Waals surface area contributed by atoms with E-state index >= 15 is 0 Å². The number of hydrogen-bond acceptors (Lipinski definition) is 8. The highest BCUT2D eigenvalue weighted by atomic mass is 32.2. The molecule has 4 heterocycles. The molecule has 0 unspecified atom stereocenters. The Hall–Kier alpha value is -4.24. The molecule has 1 atom stereocenters. The standard InChI is InChI=1S/C27H30N8O3S/c1-16-7-6-8-38-26-20(14-29-34(26)3)22-10-18(9-17(2)30-22)25(36)32-27-31-23-11-19(13-28)21(33-39(4,5)37)12-24(23)35(27)15-16/h9-12,14,16H,6-8,15H2,1-5H3,(H,31,32,36)/t16-/m1/s1. The quantitative estimate of drug-likeness (QED) is 0.372. The van der Waals surface area contributed by atoms with Crippen LogP contribution in [0.15, 0.2) is 34.8 Å². The molecule has 11 nitrogen and oxygen atoms in total. The Morgan fingerprint density at radius 3 is 2.77 bits per heavy atom. The van der Waals surface area contributed by atoms with Gasteiger partial charge in [0.05, 0.1) is 46.3 Å². The first-order chi connectivity index (χ1) is 18.5. The van der Waals surface area contributed by atoms with Crippen LogP contribution in [0.2, 0.25) is 0 Å². The van der Waals surface area contributed by atoms with E-state index in [4.69, 9.17) is 4.74 Å². The summed E-state index contributed by atoms with van der Waals surface area (Å²) >= 11 is 0. The highest BCUT2D eigenvalue weighted by Gasteiger charge is 2.21. The fourth-order valence-corrected chi connectivity index (χ4v) is 5.36. The van der Waals surface area contributed by atoms with E-state index in [2.05, 4.69) is 37.7 Å². The molecule has 12 heteroatoms. The summed E-state index contributed by atoms with van der Waals surface area (Å²) in [5.41, 5.74) is 4.25. The molecule has 0 radical (unpaired) electrons. The smallest absolute Gasteiger partial charge is 0.258 e. The Bertz CT molecular complexity index is 1760. The molecule has 0 saturated carbocycles. The minimum Gasteiger partial charge on any atom is -0.477 e. The summed E-state index contributed by atoms with van der Waals surface area (Å²) in [7, 11) is -0.686. The fraction of sp³-hybridized carbons (Fsp3) is 0.370. The lowest BCUT2D eigenvalue weighted by atomic mass is 10.1. The van der Waals surface area contributed by atoms with Crippen molar-refractivity contribution in [3.63, 3.8) is 0 Å². The summed E-state index contributed by atoms with van der Waals surface area (Å²) in [5, 5.41) is 17.0. The third kappa shape index (κ3) is 5.49. The number of aryl methyl sites for hydroxylation is 2. The number of nitriles is 1. The first kappa shape index (κ1) is 26.4. The topological polar surface area (TPSA) is 140 Å². The van der Waals surface area contributed by atoms with E-state index in [1.807, 2.05) is 18.5 Å². The Morgan fingerprint density at radius 2 is 2.03 bits per heavy atom. The summed E-state index contributed by atoms with van der Waals surface area (Å²) in [6.45, 7) is 5.01. The lowest BCUT2D eigenvalue weighted by Crippen LogP contribution is -2.18. The number of fused-ring (bicyclic) bond motifs is 7. The Balaban J connectivity index is 1.66. The molecule has 0 fully saturated rings. The van der Waals surface area contributed by atoms with Gasteiger partial charge in [0, 0.05) is 47.1 Å². The summed E-state index contributed by atoms with van der Waals surface area (Å²) in [6, 6.07) is 8.91. The van der Waals surface area contributed by atoms with Crippen LogP contribution in [-0.2, 0) is 23.3 Å². The zero-order valence-corrected chi connectivity index (χ0v) is 23.4. The van der Waals surface area contributed by atoms with Crippen molar-refractivity contribution in [2.75, 3.05) is 24.4 Å². The third-order valence-electron chi connectivity index (χ3n) is 6.48. The maximum atomic E-state index is 13.5. The molecule has 1 amide bonds. The number of benzene rings is 1. The number of carbonyl (C=O) groups is 1. The second-order valence-corrected chi connectivity index (χ2v) is 12.8. The summed E-state index contributed by atoms with van der Waals surface area (Å²) < 4.78 is 26.5. The molecule has 1 aliphatic heterocycles. The molecule has 4 aromatic rings. The molecular weight excluding hydrogens is 516 g/mol. The predicted molar refractivity (Wildman–Crippen MR) is 150 cm³/mol. The van der Waals surface area contributed by atoms with Gasteiger partial charge in [-0.2, -0.15) is 14.7 Å². The number of imidazole rings is 1. The summed E-state index contributed by atoms with van der Waals surface area (Å²) in [5.74, 6) is 0.831. The summed E-state index contributed by atoms with van der Waals surface area (Å²) in [4.78, 5) is 22.9. The van der Waals surface area contributed by atoms with Crippen molar-refractivity contribution in [1.82, 2.24) is 24.3 Å². The van der Waals surface area contributed by atoms with E-state index in [9.17, 15) is 14.3 Å². The van der Waals surface area contributed by atoms with Crippen molar-refractivity contribution in [3.8, 4) is 23.2 Å². The van der Waals surface area contributed by atoms with Crippen LogP contribution in [0.4, 0.5) is 11.6 Å². The van der Waals surface area contributed by atoms with Crippen LogP contribution in [0.5, 0.6) is 5.88 Å². The van der Waals surface area contributed by atoms with E-state index in [-0.39, 0.29) is 17.4 Å². The van der Waals surface area contributed by atoms with Crippen molar-refractivity contribution in [2.45, 2.75) is 33.2 Å². The molecule has 3 aromatic heterocycles. The number of nitrogens with zero attached hydrogens (tertiary/aromatic N) is 7. The largest absolute Gasteiger partial charge is 0.477 e. The molecule has 5 rings (SSSR count). The SMILES string of the molecule is Cc1cc2cc(n1)-c1cnn(C)c1OCCC[C@@H](C)Cn1c(nc3cc(C#N)c(N=S(C)(C)=O)cc31)NC2=O. The van der Waals surface area contributed by atoms with E-state index in [1.165, 1.54) is 12.5 Å². The number of carbonyl (C=O) groups excluding carboxylic acids is 1. The van der Waals surface area contributed by atoms with Gasteiger partial charge in [0.25, 0.3) is 5.91 Å². The predicted octanol–water partition coefficient (Wildman–Crippen LogP) is 4.43. The second kappa shape index (κ2) is 10.1. The molecule has 202 valence electrons. The van der Waals surface area contributed by atoms with Crippen LogP contribution in [0.25, 0.3) is 22.3 Å². The number of anilines is 1. The minimum atomic E-state index is -2.50. The Labute approximate surface area is 227 Å². The molecule has 0 saturated heterocycles. The van der Waals surface area contributed by atoms with Gasteiger partial charge in [-0.1, -0.05) is 6.92 Å². The maximum Gasteiger partial charge on any atom is 0.258 e. The molecule has 2 bridgehead atoms. The van der Waals surface area contributed by atoms with Crippen LogP contribution in [-0.4, -0.2) is 53.6 Å². The number of rotatable bonds is 1. The average molecular weight is 547 g/mol. The Kier molecular flexibility index (Phi) is 6.86. The molecule has 39 heavy (non-hydrogen) atoms. The van der Waals surface area contributed by atoms with E-state index in [0.717, 1.165) is 12.8 Å².